The summed E-state index contributed by atoms with van der Waals surface area (Å²) < 4.78 is 5.14. The molecule has 32 heavy (non-hydrogen) atoms. The second-order valence-electron chi connectivity index (χ2n) is 6.75. The minimum atomic E-state index is -0.242. The molecule has 0 bridgehead atoms. The summed E-state index contributed by atoms with van der Waals surface area (Å²) in [7, 11) is 1.61. The molecule has 0 aliphatic heterocycles. The Morgan fingerprint density at radius 3 is 2.59 bits per heavy atom. The maximum atomic E-state index is 12.3. The topological polar surface area (TPSA) is 122 Å². The van der Waals surface area contributed by atoms with Gasteiger partial charge in [-0.05, 0) is 36.4 Å². The Labute approximate surface area is 187 Å². The molecular weight excluding hydrogens is 428 g/mol. The highest BCUT2D eigenvalue weighted by Crippen LogP contribution is 2.19. The molecule has 0 fully saturated rings. The van der Waals surface area contributed by atoms with Gasteiger partial charge in [0.05, 0.1) is 25.8 Å². The van der Waals surface area contributed by atoms with Gasteiger partial charge in [-0.2, -0.15) is 5.10 Å². The van der Waals surface area contributed by atoms with Crippen LogP contribution in [0.5, 0.6) is 5.75 Å². The van der Waals surface area contributed by atoms with E-state index < -0.39 is 0 Å². The molecule has 0 aliphatic carbocycles. The number of aromatic amines is 1. The van der Waals surface area contributed by atoms with Crippen molar-refractivity contribution in [1.82, 2.24) is 25.5 Å². The lowest BCUT2D eigenvalue weighted by molar-refractivity contribution is -0.120. The van der Waals surface area contributed by atoms with Crippen LogP contribution in [0.4, 0.5) is 5.13 Å². The third-order valence-electron chi connectivity index (χ3n) is 4.48. The molecule has 3 N–H and O–H groups in total. The van der Waals surface area contributed by atoms with Gasteiger partial charge in [-0.3, -0.25) is 20.0 Å². The molecule has 4 rings (SSSR count). The van der Waals surface area contributed by atoms with Gasteiger partial charge in [0.2, 0.25) is 5.91 Å². The van der Waals surface area contributed by atoms with Gasteiger partial charge in [-0.1, -0.05) is 18.2 Å². The fourth-order valence-electron chi connectivity index (χ4n) is 2.86. The highest BCUT2D eigenvalue weighted by atomic mass is 32.1. The molecule has 10 heteroatoms. The van der Waals surface area contributed by atoms with Crippen molar-refractivity contribution in [2.45, 2.75) is 13.0 Å². The fraction of sp³-hybridized carbons (Fsp3) is 0.136. The third kappa shape index (κ3) is 5.35. The van der Waals surface area contributed by atoms with Crippen molar-refractivity contribution < 1.29 is 14.3 Å². The Kier molecular flexibility index (Phi) is 6.52. The van der Waals surface area contributed by atoms with Crippen LogP contribution in [0.3, 0.4) is 0 Å². The van der Waals surface area contributed by atoms with Crippen LogP contribution in [0.2, 0.25) is 0 Å². The number of rotatable bonds is 8. The first kappa shape index (κ1) is 21.2. The average molecular weight is 449 g/mol. The van der Waals surface area contributed by atoms with Crippen LogP contribution in [0.15, 0.2) is 60.0 Å². The second-order valence-corrected chi connectivity index (χ2v) is 7.61. The minimum Gasteiger partial charge on any atom is -0.497 e. The maximum absolute atomic E-state index is 12.3. The van der Waals surface area contributed by atoms with Crippen molar-refractivity contribution >= 4 is 28.3 Å². The summed E-state index contributed by atoms with van der Waals surface area (Å²) >= 11 is 1.27. The molecule has 2 aromatic heterocycles. The number of aromatic nitrogens is 4. The Balaban J connectivity index is 1.27. The zero-order chi connectivity index (χ0) is 22.3. The standard InChI is InChI=1S/C22H20N6O3S/c1-31-17-9-7-14(8-10-17)20-25-18(27-28-20)12-23-19(29)11-16-13-32-22(24-16)26-21(30)15-5-3-2-4-6-15/h2-10,13H,11-12H2,1H3,(H,23,29)(H,24,26,30)(H,25,27,28). The Hall–Kier alpha value is -4.05. The third-order valence-corrected chi connectivity index (χ3v) is 5.29. The monoisotopic (exact) mass is 448 g/mol. The number of H-pyrrole nitrogens is 1. The molecule has 0 aliphatic rings. The number of nitrogens with one attached hydrogen (secondary N) is 3. The van der Waals surface area contributed by atoms with Crippen LogP contribution >= 0.6 is 11.3 Å². The van der Waals surface area contributed by atoms with Gasteiger partial charge in [0.1, 0.15) is 11.6 Å². The van der Waals surface area contributed by atoms with E-state index in [0.717, 1.165) is 11.3 Å². The molecular formula is C22H20N6O3S. The quantitative estimate of drug-likeness (QED) is 0.381. The van der Waals surface area contributed by atoms with Crippen molar-refractivity contribution in [3.8, 4) is 17.1 Å². The van der Waals surface area contributed by atoms with E-state index in [-0.39, 0.29) is 24.8 Å². The SMILES string of the molecule is COc1ccc(-c2n[nH]c(CNC(=O)Cc3csc(NC(=O)c4ccccc4)n3)n2)cc1. The van der Waals surface area contributed by atoms with Gasteiger partial charge in [0.25, 0.3) is 5.91 Å². The van der Waals surface area contributed by atoms with Gasteiger partial charge in [-0.25, -0.2) is 9.97 Å². The predicted octanol–water partition coefficient (Wildman–Crippen LogP) is 3.05. The number of amides is 2. The van der Waals surface area contributed by atoms with E-state index in [9.17, 15) is 9.59 Å². The van der Waals surface area contributed by atoms with Crippen LogP contribution in [0.1, 0.15) is 21.9 Å². The lowest BCUT2D eigenvalue weighted by atomic mass is 10.2. The number of nitrogens with zero attached hydrogens (tertiary/aromatic N) is 3. The van der Waals surface area contributed by atoms with Crippen molar-refractivity contribution in [2.24, 2.45) is 0 Å². The Morgan fingerprint density at radius 1 is 1.06 bits per heavy atom. The molecule has 0 atom stereocenters. The molecule has 0 saturated heterocycles. The molecule has 2 aromatic carbocycles. The van der Waals surface area contributed by atoms with Crippen molar-refractivity contribution in [2.75, 3.05) is 12.4 Å². The molecule has 9 nitrogen and oxygen atoms in total. The molecule has 0 saturated carbocycles. The number of carbonyl (C=O) groups excluding carboxylic acids is 2. The van der Waals surface area contributed by atoms with E-state index in [1.165, 1.54) is 11.3 Å². The van der Waals surface area contributed by atoms with E-state index in [1.54, 1.807) is 36.8 Å². The van der Waals surface area contributed by atoms with Gasteiger partial charge in [0.15, 0.2) is 11.0 Å². The summed E-state index contributed by atoms with van der Waals surface area (Å²) in [5.74, 6) is 1.38. The molecule has 4 aromatic rings. The number of hydrogen-bond acceptors (Lipinski definition) is 7. The summed E-state index contributed by atoms with van der Waals surface area (Å²) in [4.78, 5) is 33.2. The van der Waals surface area contributed by atoms with Gasteiger partial charge < -0.3 is 10.1 Å². The maximum Gasteiger partial charge on any atom is 0.257 e. The zero-order valence-corrected chi connectivity index (χ0v) is 18.0. The zero-order valence-electron chi connectivity index (χ0n) is 17.2. The fourth-order valence-corrected chi connectivity index (χ4v) is 3.56. The first-order valence-electron chi connectivity index (χ1n) is 9.74. The smallest absolute Gasteiger partial charge is 0.257 e. The number of carbonyl (C=O) groups is 2. The van der Waals surface area contributed by atoms with Gasteiger partial charge in [0, 0.05) is 16.5 Å². The number of anilines is 1. The molecule has 0 unspecified atom stereocenters. The number of ether oxygens (including phenoxy) is 1. The van der Waals surface area contributed by atoms with Crippen molar-refractivity contribution in [3.05, 3.63) is 77.1 Å². The first-order chi connectivity index (χ1) is 15.6. The van der Waals surface area contributed by atoms with Crippen LogP contribution in [0.25, 0.3) is 11.4 Å². The van der Waals surface area contributed by atoms with E-state index in [2.05, 4.69) is 30.8 Å². The highest BCUT2D eigenvalue weighted by molar-refractivity contribution is 7.14. The molecule has 2 amide bonds. The number of benzene rings is 2. The lowest BCUT2D eigenvalue weighted by Gasteiger charge is -2.02. The van der Waals surface area contributed by atoms with E-state index in [4.69, 9.17) is 4.74 Å². The molecule has 162 valence electrons. The molecule has 0 radical (unpaired) electrons. The van der Waals surface area contributed by atoms with Crippen LogP contribution < -0.4 is 15.4 Å². The first-order valence-corrected chi connectivity index (χ1v) is 10.6. The van der Waals surface area contributed by atoms with E-state index in [1.807, 2.05) is 30.3 Å². The van der Waals surface area contributed by atoms with Gasteiger partial charge in [-0.15, -0.1) is 11.3 Å². The Morgan fingerprint density at radius 2 is 1.84 bits per heavy atom. The van der Waals surface area contributed by atoms with Crippen LogP contribution in [-0.4, -0.2) is 39.1 Å². The summed E-state index contributed by atoms with van der Waals surface area (Å²) in [6.45, 7) is 0.212. The summed E-state index contributed by atoms with van der Waals surface area (Å²) in [5.41, 5.74) is 1.96. The number of thiazole rings is 1. The second kappa shape index (κ2) is 9.84. The average Bonchev–Trinajstić information content (AvgIpc) is 3.48. The molecule has 0 spiro atoms. The van der Waals surface area contributed by atoms with Crippen molar-refractivity contribution in [3.63, 3.8) is 0 Å². The Bertz CT molecular complexity index is 1200. The summed E-state index contributed by atoms with van der Waals surface area (Å²) in [6, 6.07) is 16.3. The minimum absolute atomic E-state index is 0.0944. The van der Waals surface area contributed by atoms with Crippen molar-refractivity contribution in [1.29, 1.82) is 0 Å². The number of methoxy groups -OCH3 is 1. The lowest BCUT2D eigenvalue weighted by Crippen LogP contribution is -2.25. The number of hydrogen-bond donors (Lipinski definition) is 3. The van der Waals surface area contributed by atoms with E-state index >= 15 is 0 Å². The molecule has 2 heterocycles. The predicted molar refractivity (Wildman–Crippen MR) is 120 cm³/mol. The normalized spacial score (nSPS) is 10.5. The largest absolute Gasteiger partial charge is 0.497 e. The summed E-state index contributed by atoms with van der Waals surface area (Å²) in [5, 5.41) is 14.7. The van der Waals surface area contributed by atoms with Crippen LogP contribution in [-0.2, 0) is 17.8 Å². The van der Waals surface area contributed by atoms with E-state index in [0.29, 0.717) is 28.0 Å². The summed E-state index contributed by atoms with van der Waals surface area (Å²) in [6.07, 6.45) is 0.0944. The highest BCUT2D eigenvalue weighted by Gasteiger charge is 2.12. The van der Waals surface area contributed by atoms with Crippen LogP contribution in [0, 0.1) is 0 Å². The van der Waals surface area contributed by atoms with Gasteiger partial charge >= 0.3 is 0 Å².